The van der Waals surface area contributed by atoms with Gasteiger partial charge in [0.25, 0.3) is 0 Å². The number of nitrogens with one attached hydrogen (secondary N) is 1. The van der Waals surface area contributed by atoms with Crippen LogP contribution in [0, 0.1) is 0 Å². The molecule has 1 aliphatic rings. The number of fused-ring (bicyclic) bond motifs is 1. The normalized spacial score (nSPS) is 20.6. The number of aromatic nitrogens is 2. The molecule has 1 saturated heterocycles. The predicted molar refractivity (Wildman–Crippen MR) is 82.7 cm³/mol. The summed E-state index contributed by atoms with van der Waals surface area (Å²) < 4.78 is 2.00. The Morgan fingerprint density at radius 2 is 2.20 bits per heavy atom. The van der Waals surface area contributed by atoms with E-state index < -0.39 is 0 Å². The van der Waals surface area contributed by atoms with Gasteiger partial charge in [0.2, 0.25) is 0 Å². The van der Waals surface area contributed by atoms with Crippen molar-refractivity contribution in [2.24, 2.45) is 7.05 Å². The highest BCUT2D eigenvalue weighted by molar-refractivity contribution is 5.81. The maximum atomic E-state index is 4.71. The van der Waals surface area contributed by atoms with Gasteiger partial charge in [0.05, 0.1) is 11.2 Å². The van der Waals surface area contributed by atoms with Crippen molar-refractivity contribution in [2.45, 2.75) is 32.4 Å². The van der Waals surface area contributed by atoms with Gasteiger partial charge in [0.1, 0.15) is 0 Å². The zero-order chi connectivity index (χ0) is 13.9. The first-order chi connectivity index (χ1) is 9.78. The second-order valence-electron chi connectivity index (χ2n) is 5.76. The summed E-state index contributed by atoms with van der Waals surface area (Å²) in [4.78, 5) is 2.53. The van der Waals surface area contributed by atoms with Crippen molar-refractivity contribution < 1.29 is 0 Å². The van der Waals surface area contributed by atoms with Crippen molar-refractivity contribution in [1.82, 2.24) is 20.0 Å². The molecule has 0 spiro atoms. The molecule has 4 heteroatoms. The van der Waals surface area contributed by atoms with Crippen LogP contribution in [0.25, 0.3) is 10.9 Å². The zero-order valence-corrected chi connectivity index (χ0v) is 12.5. The van der Waals surface area contributed by atoms with Crippen LogP contribution in [0.2, 0.25) is 0 Å². The summed E-state index contributed by atoms with van der Waals surface area (Å²) in [6.07, 6.45) is 2.51. The lowest BCUT2D eigenvalue weighted by atomic mass is 10.1. The Kier molecular flexibility index (Phi) is 4.03. The molecule has 4 nitrogen and oxygen atoms in total. The molecule has 20 heavy (non-hydrogen) atoms. The molecule has 0 aliphatic carbocycles. The number of piperazine rings is 1. The molecule has 0 saturated carbocycles. The summed E-state index contributed by atoms with van der Waals surface area (Å²) >= 11 is 0. The molecule has 0 amide bonds. The topological polar surface area (TPSA) is 33.1 Å². The third-order valence-corrected chi connectivity index (χ3v) is 4.18. The van der Waals surface area contributed by atoms with E-state index in [1.54, 1.807) is 0 Å². The predicted octanol–water partition coefficient (Wildman–Crippen LogP) is 2.15. The Balaban J connectivity index is 1.76. The summed E-state index contributed by atoms with van der Waals surface area (Å²) in [5.74, 6) is 0. The van der Waals surface area contributed by atoms with Gasteiger partial charge >= 0.3 is 0 Å². The van der Waals surface area contributed by atoms with Gasteiger partial charge in [0.15, 0.2) is 0 Å². The van der Waals surface area contributed by atoms with Crippen molar-refractivity contribution in [3.8, 4) is 0 Å². The van der Waals surface area contributed by atoms with E-state index in [0.29, 0.717) is 6.04 Å². The first kappa shape index (κ1) is 13.6. The number of aryl methyl sites for hydroxylation is 1. The van der Waals surface area contributed by atoms with Crippen LogP contribution in [0.5, 0.6) is 0 Å². The maximum Gasteiger partial charge on any atom is 0.0843 e. The molecule has 2 aromatic rings. The highest BCUT2D eigenvalue weighted by Gasteiger charge is 2.20. The molecule has 1 N–H and O–H groups in total. The van der Waals surface area contributed by atoms with Gasteiger partial charge in [-0.3, -0.25) is 9.58 Å². The molecule has 0 bridgehead atoms. The van der Waals surface area contributed by atoms with E-state index in [1.165, 1.54) is 29.4 Å². The van der Waals surface area contributed by atoms with E-state index >= 15 is 0 Å². The minimum atomic E-state index is 0.642. The monoisotopic (exact) mass is 272 g/mol. The molecule has 1 fully saturated rings. The molecule has 108 valence electrons. The first-order valence-electron chi connectivity index (χ1n) is 7.64. The van der Waals surface area contributed by atoms with Crippen molar-refractivity contribution in [2.75, 3.05) is 19.6 Å². The second-order valence-corrected chi connectivity index (χ2v) is 5.76. The van der Waals surface area contributed by atoms with Gasteiger partial charge in [-0.05, 0) is 12.5 Å². The van der Waals surface area contributed by atoms with Crippen LogP contribution in [0.1, 0.15) is 25.5 Å². The summed E-state index contributed by atoms with van der Waals surface area (Å²) in [5, 5.41) is 9.61. The van der Waals surface area contributed by atoms with Crippen molar-refractivity contribution in [3.63, 3.8) is 0 Å². The van der Waals surface area contributed by atoms with Crippen LogP contribution in [-0.4, -0.2) is 40.4 Å². The van der Waals surface area contributed by atoms with Crippen LogP contribution in [0.3, 0.4) is 0 Å². The summed E-state index contributed by atoms with van der Waals surface area (Å²) in [7, 11) is 2.03. The quantitative estimate of drug-likeness (QED) is 0.926. The third kappa shape index (κ3) is 2.72. The Morgan fingerprint density at radius 1 is 1.35 bits per heavy atom. The molecular weight excluding hydrogens is 248 g/mol. The van der Waals surface area contributed by atoms with E-state index in [-0.39, 0.29) is 0 Å². The minimum Gasteiger partial charge on any atom is -0.311 e. The molecular formula is C16H24N4. The van der Waals surface area contributed by atoms with Gasteiger partial charge in [-0.2, -0.15) is 5.10 Å². The van der Waals surface area contributed by atoms with Gasteiger partial charge in [-0.1, -0.05) is 31.5 Å². The van der Waals surface area contributed by atoms with Crippen LogP contribution in [-0.2, 0) is 13.6 Å². The number of hydrogen-bond donors (Lipinski definition) is 1. The van der Waals surface area contributed by atoms with E-state index in [1.807, 2.05) is 11.7 Å². The van der Waals surface area contributed by atoms with E-state index in [4.69, 9.17) is 5.10 Å². The highest BCUT2D eigenvalue weighted by atomic mass is 15.3. The Labute approximate surface area is 120 Å². The lowest BCUT2D eigenvalue weighted by Crippen LogP contribution is -2.50. The van der Waals surface area contributed by atoms with E-state index in [2.05, 4.69) is 41.4 Å². The molecule has 3 rings (SSSR count). The average molecular weight is 272 g/mol. The fraction of sp³-hybridized carbons (Fsp3) is 0.562. The van der Waals surface area contributed by atoms with Crippen molar-refractivity contribution in [1.29, 1.82) is 0 Å². The van der Waals surface area contributed by atoms with Gasteiger partial charge in [-0.15, -0.1) is 0 Å². The van der Waals surface area contributed by atoms with Gasteiger partial charge in [-0.25, -0.2) is 0 Å². The number of nitrogens with zero attached hydrogens (tertiary/aromatic N) is 3. The molecule has 0 radical (unpaired) electrons. The van der Waals surface area contributed by atoms with E-state index in [0.717, 1.165) is 26.2 Å². The fourth-order valence-corrected chi connectivity index (χ4v) is 3.20. The maximum absolute atomic E-state index is 4.71. The smallest absolute Gasteiger partial charge is 0.0843 e. The molecule has 1 aromatic carbocycles. The summed E-state index contributed by atoms with van der Waals surface area (Å²) in [5.41, 5.74) is 2.43. The standard InChI is InChI=1S/C16H24N4/c1-3-6-13-11-20(10-9-17-13)12-15-14-7-4-5-8-16(14)19(2)18-15/h4-5,7-8,13,17H,3,6,9-12H2,1-2H3. The minimum absolute atomic E-state index is 0.642. The van der Waals surface area contributed by atoms with Crippen LogP contribution >= 0.6 is 0 Å². The zero-order valence-electron chi connectivity index (χ0n) is 12.5. The van der Waals surface area contributed by atoms with Crippen LogP contribution in [0.15, 0.2) is 24.3 Å². The molecule has 1 aromatic heterocycles. The first-order valence-corrected chi connectivity index (χ1v) is 7.64. The number of benzene rings is 1. The average Bonchev–Trinajstić information content (AvgIpc) is 2.77. The molecule has 1 atom stereocenters. The summed E-state index contributed by atoms with van der Waals surface area (Å²) in [6.45, 7) is 6.56. The largest absolute Gasteiger partial charge is 0.311 e. The number of rotatable bonds is 4. The Morgan fingerprint density at radius 3 is 3.05 bits per heavy atom. The molecule has 1 unspecified atom stereocenters. The summed E-state index contributed by atoms with van der Waals surface area (Å²) in [6, 6.07) is 9.15. The van der Waals surface area contributed by atoms with Crippen molar-refractivity contribution in [3.05, 3.63) is 30.0 Å². The van der Waals surface area contributed by atoms with Gasteiger partial charge in [0, 0.05) is 44.7 Å². The third-order valence-electron chi connectivity index (χ3n) is 4.18. The SMILES string of the molecule is CCCC1CN(Cc2nn(C)c3ccccc23)CCN1. The second kappa shape index (κ2) is 5.94. The lowest BCUT2D eigenvalue weighted by molar-refractivity contribution is 0.185. The Hall–Kier alpha value is -1.39. The van der Waals surface area contributed by atoms with E-state index in [9.17, 15) is 0 Å². The van der Waals surface area contributed by atoms with Crippen molar-refractivity contribution >= 4 is 10.9 Å². The Bertz CT molecular complexity index is 573. The number of hydrogen-bond acceptors (Lipinski definition) is 3. The highest BCUT2D eigenvalue weighted by Crippen LogP contribution is 2.19. The van der Waals surface area contributed by atoms with Gasteiger partial charge < -0.3 is 5.32 Å². The molecule has 1 aliphatic heterocycles. The number of para-hydroxylation sites is 1. The lowest BCUT2D eigenvalue weighted by Gasteiger charge is -2.33. The van der Waals surface area contributed by atoms with Crippen LogP contribution in [0.4, 0.5) is 0 Å². The fourth-order valence-electron chi connectivity index (χ4n) is 3.20. The molecule has 2 heterocycles. The van der Waals surface area contributed by atoms with Crippen LogP contribution < -0.4 is 5.32 Å².